The van der Waals surface area contributed by atoms with Gasteiger partial charge in [0.25, 0.3) is 6.47 Å². The van der Waals surface area contributed by atoms with Gasteiger partial charge in [-0.3, -0.25) is 4.79 Å². The molecule has 0 spiro atoms. The van der Waals surface area contributed by atoms with Crippen molar-refractivity contribution in [1.29, 1.82) is 0 Å². The Labute approximate surface area is 41.3 Å². The van der Waals surface area contributed by atoms with Crippen LogP contribution in [0.25, 0.3) is 0 Å². The van der Waals surface area contributed by atoms with E-state index in [0.717, 1.165) is 0 Å². The second-order valence-electron chi connectivity index (χ2n) is 1.21. The Bertz CT molecular complexity index is 53.7. The predicted octanol–water partition coefficient (Wildman–Crippen LogP) is 0.517. The zero-order chi connectivity index (χ0) is 5.70. The van der Waals surface area contributed by atoms with Crippen LogP contribution in [-0.2, 0) is 9.53 Å². The third-order valence-electron chi connectivity index (χ3n) is 0.394. The molecule has 0 rings (SSSR count). The van der Waals surface area contributed by atoms with E-state index < -0.39 is 6.17 Å². The van der Waals surface area contributed by atoms with Crippen molar-refractivity contribution in [2.45, 2.75) is 13.1 Å². The van der Waals surface area contributed by atoms with Crippen LogP contribution >= 0.6 is 0 Å². The van der Waals surface area contributed by atoms with Crippen molar-refractivity contribution in [1.82, 2.24) is 0 Å². The fourth-order valence-electron chi connectivity index (χ4n) is 0.172. The highest BCUT2D eigenvalue weighted by Gasteiger charge is 1.93. The van der Waals surface area contributed by atoms with Gasteiger partial charge in [-0.1, -0.05) is 0 Å². The molecule has 1 unspecified atom stereocenters. The first-order chi connectivity index (χ1) is 3.27. The highest BCUT2D eigenvalue weighted by molar-refractivity contribution is 5.36. The van der Waals surface area contributed by atoms with Crippen LogP contribution in [0.1, 0.15) is 6.92 Å². The Balaban J connectivity index is 2.81. The van der Waals surface area contributed by atoms with Crippen LogP contribution in [0.15, 0.2) is 0 Å². The molecule has 0 aromatic rings. The molecule has 0 heterocycles. The highest BCUT2D eigenvalue weighted by atomic mass is 19.1. The lowest BCUT2D eigenvalue weighted by atomic mass is 10.5. The number of halogens is 1. The molecule has 42 valence electrons. The van der Waals surface area contributed by atoms with E-state index in [9.17, 15) is 9.18 Å². The number of hydrogen-bond acceptors (Lipinski definition) is 2. The molecule has 0 saturated carbocycles. The van der Waals surface area contributed by atoms with Gasteiger partial charge in [0.15, 0.2) is 0 Å². The van der Waals surface area contributed by atoms with E-state index in [1.807, 2.05) is 0 Å². The third-order valence-corrected chi connectivity index (χ3v) is 0.394. The van der Waals surface area contributed by atoms with Crippen LogP contribution < -0.4 is 0 Å². The van der Waals surface area contributed by atoms with Gasteiger partial charge in [-0.05, 0) is 6.92 Å². The molecule has 0 aliphatic rings. The summed E-state index contributed by atoms with van der Waals surface area (Å²) in [6, 6.07) is 0. The minimum atomic E-state index is -1.05. The maximum Gasteiger partial charge on any atom is 0.293 e. The maximum atomic E-state index is 11.6. The van der Waals surface area contributed by atoms with Gasteiger partial charge in [-0.15, -0.1) is 0 Å². The minimum Gasteiger partial charge on any atom is -0.465 e. The zero-order valence-corrected chi connectivity index (χ0v) is 4.06. The quantitative estimate of drug-likeness (QED) is 0.490. The SMILES string of the molecule is CC(F)COC=O. The van der Waals surface area contributed by atoms with Gasteiger partial charge in [0.2, 0.25) is 0 Å². The molecule has 3 heteroatoms. The van der Waals surface area contributed by atoms with Crippen LogP contribution in [-0.4, -0.2) is 19.3 Å². The van der Waals surface area contributed by atoms with Crippen LogP contribution in [0.5, 0.6) is 0 Å². The summed E-state index contributed by atoms with van der Waals surface area (Å²) in [6.07, 6.45) is -1.05. The Morgan fingerprint density at radius 1 is 2.00 bits per heavy atom. The lowest BCUT2D eigenvalue weighted by Crippen LogP contribution is -2.03. The average molecular weight is 106 g/mol. The van der Waals surface area contributed by atoms with E-state index in [2.05, 4.69) is 4.74 Å². The highest BCUT2D eigenvalue weighted by Crippen LogP contribution is 1.85. The van der Waals surface area contributed by atoms with Crippen molar-refractivity contribution in [2.24, 2.45) is 0 Å². The van der Waals surface area contributed by atoms with Crippen molar-refractivity contribution in [2.75, 3.05) is 6.61 Å². The fraction of sp³-hybridized carbons (Fsp3) is 0.750. The Morgan fingerprint density at radius 3 is 2.71 bits per heavy atom. The number of alkyl halides is 1. The summed E-state index contributed by atoms with van der Waals surface area (Å²) in [7, 11) is 0. The van der Waals surface area contributed by atoms with Crippen molar-refractivity contribution >= 4 is 6.47 Å². The maximum absolute atomic E-state index is 11.6. The summed E-state index contributed by atoms with van der Waals surface area (Å²) in [4.78, 5) is 9.32. The van der Waals surface area contributed by atoms with Gasteiger partial charge < -0.3 is 4.74 Å². The van der Waals surface area contributed by atoms with Crippen LogP contribution in [0.3, 0.4) is 0 Å². The third kappa shape index (κ3) is 5.40. The van der Waals surface area contributed by atoms with E-state index in [0.29, 0.717) is 0 Å². The first-order valence-electron chi connectivity index (χ1n) is 1.96. The van der Waals surface area contributed by atoms with E-state index >= 15 is 0 Å². The van der Waals surface area contributed by atoms with Gasteiger partial charge in [0.05, 0.1) is 0 Å². The monoisotopic (exact) mass is 106 g/mol. The molecule has 0 aliphatic carbocycles. The molecule has 7 heavy (non-hydrogen) atoms. The molecule has 0 fully saturated rings. The molecular formula is C4H7FO2. The van der Waals surface area contributed by atoms with E-state index in [1.54, 1.807) is 0 Å². The summed E-state index contributed by atoms with van der Waals surface area (Å²) in [5.74, 6) is 0. The first-order valence-corrected chi connectivity index (χ1v) is 1.96. The molecule has 0 radical (unpaired) electrons. The van der Waals surface area contributed by atoms with Crippen molar-refractivity contribution < 1.29 is 13.9 Å². The van der Waals surface area contributed by atoms with Gasteiger partial charge in [-0.2, -0.15) is 0 Å². The number of rotatable bonds is 3. The molecule has 0 saturated heterocycles. The predicted molar refractivity (Wildman–Crippen MR) is 22.6 cm³/mol. The lowest BCUT2D eigenvalue weighted by Gasteiger charge is -1.95. The van der Waals surface area contributed by atoms with Gasteiger partial charge in [-0.25, -0.2) is 4.39 Å². The number of carbonyl (C=O) groups is 1. The topological polar surface area (TPSA) is 26.3 Å². The molecule has 1 atom stereocenters. The minimum absolute atomic E-state index is 0.135. The largest absolute Gasteiger partial charge is 0.465 e. The Kier molecular flexibility index (Phi) is 3.28. The van der Waals surface area contributed by atoms with Crippen LogP contribution in [0, 0.1) is 0 Å². The Morgan fingerprint density at radius 2 is 2.57 bits per heavy atom. The summed E-state index contributed by atoms with van der Waals surface area (Å²) in [5.41, 5.74) is 0. The van der Waals surface area contributed by atoms with Gasteiger partial charge in [0.1, 0.15) is 12.8 Å². The number of ether oxygens (including phenoxy) is 1. The summed E-state index contributed by atoms with van der Waals surface area (Å²) in [6.45, 7) is 1.42. The van der Waals surface area contributed by atoms with E-state index in [-0.39, 0.29) is 13.1 Å². The van der Waals surface area contributed by atoms with Crippen molar-refractivity contribution in [3.05, 3.63) is 0 Å². The van der Waals surface area contributed by atoms with Crippen LogP contribution in [0.4, 0.5) is 4.39 Å². The average Bonchev–Trinajstić information content (AvgIpc) is 1.61. The summed E-state index contributed by atoms with van der Waals surface area (Å²) >= 11 is 0. The molecule has 0 amide bonds. The molecule has 0 aromatic carbocycles. The molecule has 0 aromatic heterocycles. The standard InChI is InChI=1S/C4H7FO2/c1-4(5)2-7-3-6/h3-4H,2H2,1H3. The van der Waals surface area contributed by atoms with Gasteiger partial charge >= 0.3 is 0 Å². The van der Waals surface area contributed by atoms with Gasteiger partial charge in [0, 0.05) is 0 Å². The van der Waals surface area contributed by atoms with Crippen LogP contribution in [0.2, 0.25) is 0 Å². The smallest absolute Gasteiger partial charge is 0.293 e. The Hall–Kier alpha value is -0.600. The fourth-order valence-corrected chi connectivity index (χ4v) is 0.172. The van der Waals surface area contributed by atoms with E-state index in [1.165, 1.54) is 6.92 Å². The number of hydrogen-bond donors (Lipinski definition) is 0. The van der Waals surface area contributed by atoms with Crippen molar-refractivity contribution in [3.63, 3.8) is 0 Å². The van der Waals surface area contributed by atoms with Crippen molar-refractivity contribution in [3.8, 4) is 0 Å². The molecule has 0 N–H and O–H groups in total. The summed E-state index contributed by atoms with van der Waals surface area (Å²) in [5, 5.41) is 0. The second kappa shape index (κ2) is 3.59. The normalized spacial score (nSPS) is 12.9. The molecule has 0 bridgehead atoms. The number of carbonyl (C=O) groups excluding carboxylic acids is 1. The zero-order valence-electron chi connectivity index (χ0n) is 4.06. The first kappa shape index (κ1) is 6.40. The lowest BCUT2D eigenvalue weighted by molar-refractivity contribution is -0.130. The molecular weight excluding hydrogens is 99.0 g/mol. The summed E-state index contributed by atoms with van der Waals surface area (Å²) < 4.78 is 15.6. The second-order valence-corrected chi connectivity index (χ2v) is 1.21. The molecule has 2 nitrogen and oxygen atoms in total. The van der Waals surface area contributed by atoms with E-state index in [4.69, 9.17) is 0 Å². The molecule has 0 aliphatic heterocycles.